The van der Waals surface area contributed by atoms with Crippen molar-refractivity contribution in [2.24, 2.45) is 0 Å². The summed E-state index contributed by atoms with van der Waals surface area (Å²) in [5.41, 5.74) is 3.96. The molecule has 4 rings (SSSR count). The molecule has 0 saturated carbocycles. The average Bonchev–Trinajstić information content (AvgIpc) is 2.78. The van der Waals surface area contributed by atoms with E-state index in [-0.39, 0.29) is 0 Å². The van der Waals surface area contributed by atoms with Gasteiger partial charge in [0.25, 0.3) is 0 Å². The van der Waals surface area contributed by atoms with E-state index in [1.54, 1.807) is 13.2 Å². The van der Waals surface area contributed by atoms with Crippen molar-refractivity contribution in [3.8, 4) is 17.1 Å². The summed E-state index contributed by atoms with van der Waals surface area (Å²) >= 11 is 6.21. The first-order valence-corrected chi connectivity index (χ1v) is 10.5. The highest BCUT2D eigenvalue weighted by molar-refractivity contribution is 6.31. The van der Waals surface area contributed by atoms with Crippen LogP contribution in [0.5, 0.6) is 5.75 Å². The minimum atomic E-state index is 0.625. The van der Waals surface area contributed by atoms with E-state index in [9.17, 15) is 0 Å². The smallest absolute Gasteiger partial charge is 0.162 e. The number of rotatable bonds is 7. The van der Waals surface area contributed by atoms with Crippen molar-refractivity contribution in [1.29, 1.82) is 0 Å². The number of aryl methyl sites for hydroxylation is 1. The van der Waals surface area contributed by atoms with Gasteiger partial charge in [-0.15, -0.1) is 0 Å². The summed E-state index contributed by atoms with van der Waals surface area (Å²) in [5.74, 6) is 2.09. The largest absolute Gasteiger partial charge is 0.495 e. The Labute approximate surface area is 181 Å². The summed E-state index contributed by atoms with van der Waals surface area (Å²) in [7, 11) is 1.64. The van der Waals surface area contributed by atoms with Crippen LogP contribution in [0, 0.1) is 0 Å². The number of aromatic nitrogens is 2. The first-order valence-electron chi connectivity index (χ1n) is 10.1. The standard InChI is InChI=1S/C25H24ClN3O/c1-3-4-7-17-10-12-18(13-11-17)24-27-21-9-6-5-8-20(21)25(29-24)28-22-16-19(26)14-15-23(22)30-2/h5-6,8-16H,3-4,7H2,1-2H3,(H,27,28,29). The van der Waals surface area contributed by atoms with E-state index in [1.165, 1.54) is 18.4 Å². The quantitative estimate of drug-likeness (QED) is 0.350. The second kappa shape index (κ2) is 9.14. The summed E-state index contributed by atoms with van der Waals surface area (Å²) < 4.78 is 5.48. The molecule has 5 heteroatoms. The van der Waals surface area contributed by atoms with Gasteiger partial charge >= 0.3 is 0 Å². The van der Waals surface area contributed by atoms with Gasteiger partial charge < -0.3 is 10.1 Å². The van der Waals surface area contributed by atoms with E-state index in [2.05, 4.69) is 36.5 Å². The molecule has 4 aromatic rings. The predicted molar refractivity (Wildman–Crippen MR) is 125 cm³/mol. The highest BCUT2D eigenvalue weighted by atomic mass is 35.5. The third kappa shape index (κ3) is 4.39. The Hall–Kier alpha value is -3.11. The predicted octanol–water partition coefficient (Wildman–Crippen LogP) is 7.05. The van der Waals surface area contributed by atoms with Gasteiger partial charge in [-0.3, -0.25) is 0 Å². The minimum absolute atomic E-state index is 0.625. The molecule has 0 saturated heterocycles. The van der Waals surface area contributed by atoms with Crippen LogP contribution in [0.2, 0.25) is 5.02 Å². The van der Waals surface area contributed by atoms with Crippen LogP contribution in [-0.4, -0.2) is 17.1 Å². The number of benzene rings is 3. The second-order valence-corrected chi connectivity index (χ2v) is 7.62. The summed E-state index contributed by atoms with van der Waals surface area (Å²) in [6.07, 6.45) is 3.48. The Bertz CT molecular complexity index is 1160. The van der Waals surface area contributed by atoms with Crippen LogP contribution < -0.4 is 10.1 Å². The average molecular weight is 418 g/mol. The van der Waals surface area contributed by atoms with Crippen LogP contribution in [0.15, 0.2) is 66.7 Å². The van der Waals surface area contributed by atoms with Gasteiger partial charge in [-0.25, -0.2) is 9.97 Å². The fourth-order valence-electron chi connectivity index (χ4n) is 3.41. The first-order chi connectivity index (χ1) is 14.7. The van der Waals surface area contributed by atoms with E-state index < -0.39 is 0 Å². The Kier molecular flexibility index (Phi) is 6.15. The van der Waals surface area contributed by atoms with E-state index in [0.29, 0.717) is 22.4 Å². The molecule has 1 heterocycles. The van der Waals surface area contributed by atoms with E-state index in [4.69, 9.17) is 26.3 Å². The van der Waals surface area contributed by atoms with E-state index in [1.807, 2.05) is 36.4 Å². The number of nitrogens with zero attached hydrogens (tertiary/aromatic N) is 2. The third-order valence-electron chi connectivity index (χ3n) is 5.05. The zero-order chi connectivity index (χ0) is 20.9. The van der Waals surface area contributed by atoms with Crippen molar-refractivity contribution in [3.63, 3.8) is 0 Å². The van der Waals surface area contributed by atoms with Crippen LogP contribution >= 0.6 is 11.6 Å². The lowest BCUT2D eigenvalue weighted by atomic mass is 10.1. The van der Waals surface area contributed by atoms with Crippen LogP contribution in [0.3, 0.4) is 0 Å². The lowest BCUT2D eigenvalue weighted by Crippen LogP contribution is -2.01. The highest BCUT2D eigenvalue weighted by Crippen LogP contribution is 2.33. The number of anilines is 2. The molecule has 3 aromatic carbocycles. The maximum absolute atomic E-state index is 6.21. The highest BCUT2D eigenvalue weighted by Gasteiger charge is 2.12. The first kappa shape index (κ1) is 20.2. The van der Waals surface area contributed by atoms with Gasteiger partial charge in [0.2, 0.25) is 0 Å². The number of para-hydroxylation sites is 1. The molecule has 1 N–H and O–H groups in total. The fraction of sp³-hybridized carbons (Fsp3) is 0.200. The Balaban J connectivity index is 1.76. The number of halogens is 1. The topological polar surface area (TPSA) is 47.0 Å². The van der Waals surface area contributed by atoms with E-state index >= 15 is 0 Å². The van der Waals surface area contributed by atoms with Crippen molar-refractivity contribution in [1.82, 2.24) is 9.97 Å². The molecule has 152 valence electrons. The molecule has 0 aliphatic carbocycles. The molecule has 0 atom stereocenters. The molecule has 0 fully saturated rings. The second-order valence-electron chi connectivity index (χ2n) is 7.18. The molecular formula is C25H24ClN3O. The van der Waals surface area contributed by atoms with Gasteiger partial charge in [-0.1, -0.05) is 61.3 Å². The Morgan fingerprint density at radius 1 is 0.967 bits per heavy atom. The molecule has 0 aliphatic heterocycles. The molecule has 0 bridgehead atoms. The fourth-order valence-corrected chi connectivity index (χ4v) is 3.58. The minimum Gasteiger partial charge on any atom is -0.495 e. The number of hydrogen-bond acceptors (Lipinski definition) is 4. The lowest BCUT2D eigenvalue weighted by Gasteiger charge is -2.14. The summed E-state index contributed by atoms with van der Waals surface area (Å²) in [6, 6.07) is 22.0. The lowest BCUT2D eigenvalue weighted by molar-refractivity contribution is 0.417. The molecule has 0 aliphatic rings. The zero-order valence-electron chi connectivity index (χ0n) is 17.2. The Morgan fingerprint density at radius 2 is 1.77 bits per heavy atom. The monoisotopic (exact) mass is 417 g/mol. The number of unbranched alkanes of at least 4 members (excludes halogenated alkanes) is 1. The van der Waals surface area contributed by atoms with Gasteiger partial charge in [-0.2, -0.15) is 0 Å². The summed E-state index contributed by atoms with van der Waals surface area (Å²) in [4.78, 5) is 9.63. The number of nitrogens with one attached hydrogen (secondary N) is 1. The number of ether oxygens (including phenoxy) is 1. The van der Waals surface area contributed by atoms with Crippen molar-refractivity contribution < 1.29 is 4.74 Å². The van der Waals surface area contributed by atoms with Crippen LogP contribution in [0.4, 0.5) is 11.5 Å². The molecule has 4 nitrogen and oxygen atoms in total. The normalized spacial score (nSPS) is 10.9. The van der Waals surface area contributed by atoms with Crippen molar-refractivity contribution in [3.05, 3.63) is 77.3 Å². The number of methoxy groups -OCH3 is 1. The maximum Gasteiger partial charge on any atom is 0.162 e. The maximum atomic E-state index is 6.21. The molecule has 0 spiro atoms. The molecular weight excluding hydrogens is 394 g/mol. The molecule has 0 amide bonds. The molecule has 30 heavy (non-hydrogen) atoms. The third-order valence-corrected chi connectivity index (χ3v) is 5.28. The van der Waals surface area contributed by atoms with Crippen molar-refractivity contribution in [2.45, 2.75) is 26.2 Å². The summed E-state index contributed by atoms with van der Waals surface area (Å²) in [5, 5.41) is 4.95. The van der Waals surface area contributed by atoms with Crippen LogP contribution in [-0.2, 0) is 6.42 Å². The molecule has 1 aromatic heterocycles. The Morgan fingerprint density at radius 3 is 2.53 bits per heavy atom. The van der Waals surface area contributed by atoms with E-state index in [0.717, 1.165) is 28.6 Å². The number of fused-ring (bicyclic) bond motifs is 1. The van der Waals surface area contributed by atoms with Gasteiger partial charge in [0, 0.05) is 16.0 Å². The zero-order valence-corrected chi connectivity index (χ0v) is 17.9. The summed E-state index contributed by atoms with van der Waals surface area (Å²) in [6.45, 7) is 2.21. The number of hydrogen-bond donors (Lipinski definition) is 1. The van der Waals surface area contributed by atoms with Gasteiger partial charge in [0.1, 0.15) is 11.6 Å². The molecule has 0 unspecified atom stereocenters. The van der Waals surface area contributed by atoms with Crippen LogP contribution in [0.25, 0.3) is 22.3 Å². The van der Waals surface area contributed by atoms with Gasteiger partial charge in [0.15, 0.2) is 5.82 Å². The molecule has 0 radical (unpaired) electrons. The van der Waals surface area contributed by atoms with Crippen molar-refractivity contribution in [2.75, 3.05) is 12.4 Å². The van der Waals surface area contributed by atoms with Crippen LogP contribution in [0.1, 0.15) is 25.3 Å². The van der Waals surface area contributed by atoms with Crippen molar-refractivity contribution >= 4 is 34.0 Å². The van der Waals surface area contributed by atoms with Gasteiger partial charge in [-0.05, 0) is 48.7 Å². The SMILES string of the molecule is CCCCc1ccc(-c2nc(Nc3cc(Cl)ccc3OC)c3ccccc3n2)cc1. The van der Waals surface area contributed by atoms with Gasteiger partial charge in [0.05, 0.1) is 18.3 Å².